The molecule has 82 valence electrons. The van der Waals surface area contributed by atoms with Crippen LogP contribution in [-0.4, -0.2) is 20.1 Å². The molecule has 0 bridgehead atoms. The Morgan fingerprint density at radius 3 is 2.40 bits per heavy atom. The number of nitrogens with one attached hydrogen (secondary N) is 1. The van der Waals surface area contributed by atoms with Gasteiger partial charge in [0.15, 0.2) is 0 Å². The first-order valence-corrected chi connectivity index (χ1v) is 7.45. The quantitative estimate of drug-likeness (QED) is 0.646. The summed E-state index contributed by atoms with van der Waals surface area (Å²) in [5.41, 5.74) is 1.06. The molecular formula is C9H10AsNO4-2. The van der Waals surface area contributed by atoms with Crippen molar-refractivity contribution in [2.24, 2.45) is 0 Å². The Kier molecular flexibility index (Phi) is 3.39. The Morgan fingerprint density at radius 1 is 1.40 bits per heavy atom. The van der Waals surface area contributed by atoms with Gasteiger partial charge in [0, 0.05) is 0 Å². The van der Waals surface area contributed by atoms with E-state index in [4.69, 9.17) is 0 Å². The van der Waals surface area contributed by atoms with Gasteiger partial charge in [-0.25, -0.2) is 0 Å². The van der Waals surface area contributed by atoms with Crippen molar-refractivity contribution < 1.29 is 16.7 Å². The van der Waals surface area contributed by atoms with Gasteiger partial charge in [-0.2, -0.15) is 0 Å². The van der Waals surface area contributed by atoms with Gasteiger partial charge >= 0.3 is 89.8 Å². The van der Waals surface area contributed by atoms with Crippen LogP contribution >= 0.6 is 0 Å². The molecule has 0 aliphatic carbocycles. The van der Waals surface area contributed by atoms with Crippen molar-refractivity contribution in [2.45, 2.75) is 13.8 Å². The van der Waals surface area contributed by atoms with E-state index in [1.54, 1.807) is 6.92 Å². The van der Waals surface area contributed by atoms with Crippen LogP contribution in [0.5, 0.6) is 0 Å². The molecule has 0 saturated heterocycles. The van der Waals surface area contributed by atoms with Gasteiger partial charge in [0.05, 0.1) is 0 Å². The van der Waals surface area contributed by atoms with Gasteiger partial charge in [-0.05, 0) is 0 Å². The molecule has 0 saturated carbocycles. The summed E-state index contributed by atoms with van der Waals surface area (Å²) in [5, 5.41) is 2.53. The summed E-state index contributed by atoms with van der Waals surface area (Å²) in [7, 11) is 0. The van der Waals surface area contributed by atoms with Gasteiger partial charge in [-0.1, -0.05) is 0 Å². The van der Waals surface area contributed by atoms with E-state index < -0.39 is 14.2 Å². The fourth-order valence-electron chi connectivity index (χ4n) is 1.15. The van der Waals surface area contributed by atoms with Crippen LogP contribution in [0.4, 0.5) is 5.69 Å². The van der Waals surface area contributed by atoms with E-state index >= 15 is 0 Å². The number of hydrogen-bond acceptors (Lipinski definition) is 4. The molecule has 0 aromatic heterocycles. The molecule has 0 atom stereocenters. The van der Waals surface area contributed by atoms with E-state index in [9.17, 15) is 16.7 Å². The molecule has 0 aliphatic rings. The molecule has 0 aliphatic heterocycles. The summed E-state index contributed by atoms with van der Waals surface area (Å²) in [6, 6.07) is 3.89. The summed E-state index contributed by atoms with van der Waals surface area (Å²) in [5.74, 6) is -0.247. The second kappa shape index (κ2) is 4.23. The fraction of sp³-hybridized carbons (Fsp3) is 0.222. The van der Waals surface area contributed by atoms with E-state index in [0.29, 0.717) is 11.3 Å². The molecule has 5 nitrogen and oxygen atoms in total. The second-order valence-electron chi connectivity index (χ2n) is 3.18. The average Bonchev–Trinajstić information content (AvgIpc) is 2.05. The third-order valence-electron chi connectivity index (χ3n) is 1.84. The van der Waals surface area contributed by atoms with Crippen LogP contribution in [0.15, 0.2) is 18.2 Å². The number of aryl methyl sites for hydroxylation is 1. The number of benzene rings is 1. The van der Waals surface area contributed by atoms with Crippen molar-refractivity contribution in [3.8, 4) is 0 Å². The topological polar surface area (TPSA) is 92.3 Å². The zero-order valence-corrected chi connectivity index (χ0v) is 10.2. The predicted molar refractivity (Wildman–Crippen MR) is 51.6 cm³/mol. The van der Waals surface area contributed by atoms with Gasteiger partial charge in [0.1, 0.15) is 0 Å². The Labute approximate surface area is 90.1 Å². The zero-order chi connectivity index (χ0) is 11.6. The average molecular weight is 271 g/mol. The van der Waals surface area contributed by atoms with Gasteiger partial charge in [-0.15, -0.1) is 0 Å². The Morgan fingerprint density at radius 2 is 2.00 bits per heavy atom. The molecular weight excluding hydrogens is 261 g/mol. The molecule has 0 radical (unpaired) electrons. The van der Waals surface area contributed by atoms with Crippen LogP contribution in [0.2, 0.25) is 0 Å². The Balaban J connectivity index is 3.09. The van der Waals surface area contributed by atoms with Crippen molar-refractivity contribution in [1.82, 2.24) is 0 Å². The summed E-state index contributed by atoms with van der Waals surface area (Å²) in [6.45, 7) is 2.98. The summed E-state index contributed by atoms with van der Waals surface area (Å²) in [6.07, 6.45) is 0. The monoisotopic (exact) mass is 271 g/mol. The van der Waals surface area contributed by atoms with Crippen molar-refractivity contribution in [2.75, 3.05) is 5.32 Å². The molecule has 0 fully saturated rings. The number of anilines is 1. The SMILES string of the molecule is CC(=O)Nc1ccc([As](=O)([O-])[O-])cc1C. The van der Waals surface area contributed by atoms with Gasteiger partial charge in [0.2, 0.25) is 0 Å². The van der Waals surface area contributed by atoms with E-state index in [-0.39, 0.29) is 10.3 Å². The number of carbonyl (C=O) groups excluding carboxylic acids is 1. The van der Waals surface area contributed by atoms with Gasteiger partial charge in [0.25, 0.3) is 0 Å². The van der Waals surface area contributed by atoms with Crippen LogP contribution in [0.25, 0.3) is 0 Å². The van der Waals surface area contributed by atoms with Crippen LogP contribution in [-0.2, 0) is 8.53 Å². The molecule has 0 heterocycles. The van der Waals surface area contributed by atoms with Crippen molar-refractivity contribution in [3.63, 3.8) is 0 Å². The van der Waals surface area contributed by atoms with Gasteiger partial charge < -0.3 is 0 Å². The second-order valence-corrected chi connectivity index (χ2v) is 6.35. The van der Waals surface area contributed by atoms with E-state index in [1.807, 2.05) is 0 Å². The standard InChI is InChI=1S/C9H12AsNO4/c1-6-5-8(10(13,14)15)3-4-9(6)11-7(2)12/h3-5H,1-2H3,(H,11,12)(H2,13,14,15)/p-2. The van der Waals surface area contributed by atoms with Crippen LogP contribution in [0, 0.1) is 6.92 Å². The molecule has 1 rings (SSSR count). The van der Waals surface area contributed by atoms with Crippen LogP contribution in [0.1, 0.15) is 12.5 Å². The molecule has 1 aromatic carbocycles. The molecule has 15 heavy (non-hydrogen) atoms. The molecule has 0 unspecified atom stereocenters. The van der Waals surface area contributed by atoms with Crippen molar-refractivity contribution >= 4 is 30.1 Å². The van der Waals surface area contributed by atoms with Crippen molar-refractivity contribution in [3.05, 3.63) is 23.8 Å². The zero-order valence-electron chi connectivity index (χ0n) is 8.31. The number of hydrogen-bond donors (Lipinski definition) is 1. The normalized spacial score (nSPS) is 11.2. The van der Waals surface area contributed by atoms with E-state index in [2.05, 4.69) is 5.32 Å². The van der Waals surface area contributed by atoms with Crippen LogP contribution < -0.4 is 17.9 Å². The number of amides is 1. The maximum atomic E-state index is 10.8. The first kappa shape index (κ1) is 12.0. The minimum absolute atomic E-state index is 0.209. The first-order valence-electron chi connectivity index (χ1n) is 4.21. The molecule has 6 heteroatoms. The number of rotatable bonds is 2. The summed E-state index contributed by atoms with van der Waals surface area (Å²) in [4.78, 5) is 10.8. The molecule has 1 amide bonds. The number of carbonyl (C=O) groups is 1. The third kappa shape index (κ3) is 3.23. The molecule has 0 spiro atoms. The third-order valence-corrected chi connectivity index (χ3v) is 3.75. The Hall–Kier alpha value is -1.03. The summed E-state index contributed by atoms with van der Waals surface area (Å²) >= 11 is -5.32. The van der Waals surface area contributed by atoms with E-state index in [1.165, 1.54) is 25.1 Å². The molecule has 1 N–H and O–H groups in total. The van der Waals surface area contributed by atoms with Crippen molar-refractivity contribution in [1.29, 1.82) is 0 Å². The predicted octanol–water partition coefficient (Wildman–Crippen LogP) is -1.75. The van der Waals surface area contributed by atoms with E-state index in [0.717, 1.165) is 0 Å². The summed E-state index contributed by atoms with van der Waals surface area (Å²) < 4.78 is 32.1. The molecule has 1 aromatic rings. The Bertz CT molecular complexity index is 438. The fourth-order valence-corrected chi connectivity index (χ4v) is 2.43. The maximum absolute atomic E-state index is 10.8. The minimum atomic E-state index is -5.32. The van der Waals surface area contributed by atoms with Crippen LogP contribution in [0.3, 0.4) is 0 Å². The van der Waals surface area contributed by atoms with Gasteiger partial charge in [-0.3, -0.25) is 0 Å². The first-order chi connectivity index (χ1) is 6.80.